The number of nitrogens with zero attached hydrogens (tertiary/aromatic N) is 1. The van der Waals surface area contributed by atoms with Crippen molar-refractivity contribution in [1.29, 1.82) is 0 Å². The number of hydrogen-bond acceptors (Lipinski definition) is 1. The minimum absolute atomic E-state index is 0. The molecule has 2 aromatic rings. The second-order valence-electron chi connectivity index (χ2n) is 3.03. The molecule has 2 aromatic carbocycles. The maximum Gasteiger partial charge on any atom is 0.0629 e. The molecule has 0 aromatic heterocycles. The molecule has 0 atom stereocenters. The molecular weight excluding hydrogens is 356 g/mol. The largest absolute Gasteiger partial charge is 0.256 e. The fraction of sp³-hybridized carbons (Fsp3) is 0. The smallest absolute Gasteiger partial charge is 0.0629 e. The zero-order valence-corrected chi connectivity index (χ0v) is 11.5. The van der Waals surface area contributed by atoms with Gasteiger partial charge in [-0.3, -0.25) is 4.99 Å². The Balaban J connectivity index is 0.00000128. The van der Waals surface area contributed by atoms with Crippen molar-refractivity contribution in [3.05, 3.63) is 64.6 Å². The molecule has 0 spiro atoms. The third-order valence-corrected chi connectivity index (χ3v) is 2.63. The van der Waals surface area contributed by atoms with Gasteiger partial charge in [0.1, 0.15) is 0 Å². The van der Waals surface area contributed by atoms with E-state index in [9.17, 15) is 0 Å². The van der Waals surface area contributed by atoms with E-state index in [1.807, 2.05) is 48.5 Å². The summed E-state index contributed by atoms with van der Waals surface area (Å²) in [6.07, 6.45) is 1.80. The number of para-hydroxylation sites is 1. The summed E-state index contributed by atoms with van der Waals surface area (Å²) in [6, 6.07) is 18.7. The van der Waals surface area contributed by atoms with E-state index in [1.165, 1.54) is 0 Å². The fourth-order valence-corrected chi connectivity index (χ4v) is 1.55. The number of rotatable bonds is 2. The molecule has 0 aliphatic rings. The minimum atomic E-state index is 0. The third kappa shape index (κ3) is 3.68. The summed E-state index contributed by atoms with van der Waals surface area (Å²) in [6.45, 7) is 0. The topological polar surface area (TPSA) is 12.4 Å². The van der Waals surface area contributed by atoms with Crippen molar-refractivity contribution in [3.63, 3.8) is 0 Å². The zero-order chi connectivity index (χ0) is 10.5. The molecule has 0 amide bonds. The van der Waals surface area contributed by atoms with E-state index in [0.717, 1.165) is 15.7 Å². The van der Waals surface area contributed by atoms with Crippen LogP contribution in [0, 0.1) is 6.07 Å². The van der Waals surface area contributed by atoms with E-state index in [1.54, 1.807) is 6.21 Å². The molecule has 0 aliphatic heterocycles. The van der Waals surface area contributed by atoms with Gasteiger partial charge in [0.15, 0.2) is 0 Å². The van der Waals surface area contributed by atoms with Crippen LogP contribution in [-0.2, 0) is 20.4 Å². The molecule has 0 bridgehead atoms. The maximum absolute atomic E-state index is 4.35. The first-order valence-electron chi connectivity index (χ1n) is 4.61. The van der Waals surface area contributed by atoms with Crippen molar-refractivity contribution in [3.8, 4) is 0 Å². The zero-order valence-electron chi connectivity index (χ0n) is 8.34. The summed E-state index contributed by atoms with van der Waals surface area (Å²) in [5, 5.41) is 0. The van der Waals surface area contributed by atoms with Gasteiger partial charge >= 0.3 is 0 Å². The summed E-state index contributed by atoms with van der Waals surface area (Å²) in [7, 11) is 0. The number of halogens is 1. The van der Waals surface area contributed by atoms with Crippen molar-refractivity contribution < 1.29 is 20.4 Å². The van der Waals surface area contributed by atoms with Gasteiger partial charge in [-0.05, 0) is 24.3 Å². The SMILES string of the molecule is Brc1ccc[c]c1C=Nc1ccccc1.[Pd]. The Morgan fingerprint density at radius 3 is 2.50 bits per heavy atom. The van der Waals surface area contributed by atoms with Gasteiger partial charge < -0.3 is 0 Å². The van der Waals surface area contributed by atoms with Crippen molar-refractivity contribution in [2.24, 2.45) is 4.99 Å². The first-order valence-corrected chi connectivity index (χ1v) is 5.41. The Labute approximate surface area is 117 Å². The van der Waals surface area contributed by atoms with Crippen LogP contribution < -0.4 is 0 Å². The molecule has 0 heterocycles. The molecule has 1 radical (unpaired) electrons. The Kier molecular flexibility index (Phi) is 5.62. The van der Waals surface area contributed by atoms with Gasteiger partial charge in [-0.15, -0.1) is 0 Å². The van der Waals surface area contributed by atoms with Crippen LogP contribution in [0.3, 0.4) is 0 Å². The first kappa shape index (κ1) is 13.3. The molecule has 3 heteroatoms. The molecule has 83 valence electrons. The molecule has 2 rings (SSSR count). The van der Waals surface area contributed by atoms with Gasteiger partial charge in [0.05, 0.1) is 5.69 Å². The standard InChI is InChI=1S/C13H9BrN.Pd/c14-13-9-5-4-6-11(13)10-15-12-7-2-1-3-8-12;/h1-5,7-10H;. The Hall–Kier alpha value is -0.748. The molecule has 1 nitrogen and oxygen atoms in total. The Bertz CT molecular complexity index is 468. The molecule has 16 heavy (non-hydrogen) atoms. The van der Waals surface area contributed by atoms with E-state index in [2.05, 4.69) is 27.0 Å². The maximum atomic E-state index is 4.35. The van der Waals surface area contributed by atoms with Crippen molar-refractivity contribution in [2.45, 2.75) is 0 Å². The second kappa shape index (κ2) is 6.75. The van der Waals surface area contributed by atoms with Gasteiger partial charge in [0.25, 0.3) is 0 Å². The Morgan fingerprint density at radius 2 is 1.81 bits per heavy atom. The molecule has 0 saturated carbocycles. The van der Waals surface area contributed by atoms with Crippen LogP contribution in [0.15, 0.2) is 58.0 Å². The van der Waals surface area contributed by atoms with Crippen LogP contribution in [-0.4, -0.2) is 6.21 Å². The minimum Gasteiger partial charge on any atom is -0.256 e. The summed E-state index contributed by atoms with van der Waals surface area (Å²) in [5.74, 6) is 0. The number of benzene rings is 2. The van der Waals surface area contributed by atoms with E-state index in [4.69, 9.17) is 0 Å². The van der Waals surface area contributed by atoms with Crippen molar-refractivity contribution in [1.82, 2.24) is 0 Å². The third-order valence-electron chi connectivity index (χ3n) is 1.93. The molecule has 0 saturated heterocycles. The van der Waals surface area contributed by atoms with Crippen LogP contribution in [0.2, 0.25) is 0 Å². The van der Waals surface area contributed by atoms with E-state index in [-0.39, 0.29) is 20.4 Å². The van der Waals surface area contributed by atoms with E-state index in [0.29, 0.717) is 0 Å². The number of hydrogen-bond donors (Lipinski definition) is 0. The van der Waals surface area contributed by atoms with Crippen LogP contribution in [0.4, 0.5) is 5.69 Å². The van der Waals surface area contributed by atoms with Crippen LogP contribution in [0.5, 0.6) is 0 Å². The quantitative estimate of drug-likeness (QED) is 0.563. The molecule has 0 aliphatic carbocycles. The second-order valence-corrected chi connectivity index (χ2v) is 3.88. The fourth-order valence-electron chi connectivity index (χ4n) is 1.18. The average molecular weight is 366 g/mol. The van der Waals surface area contributed by atoms with Gasteiger partial charge in [0.2, 0.25) is 0 Å². The van der Waals surface area contributed by atoms with Gasteiger partial charge in [-0.2, -0.15) is 0 Å². The van der Waals surface area contributed by atoms with Crippen molar-refractivity contribution >= 4 is 27.8 Å². The summed E-state index contributed by atoms with van der Waals surface area (Å²) < 4.78 is 1.00. The predicted octanol–water partition coefficient (Wildman–Crippen LogP) is 4.00. The summed E-state index contributed by atoms with van der Waals surface area (Å²) in [5.41, 5.74) is 1.91. The van der Waals surface area contributed by atoms with E-state index < -0.39 is 0 Å². The van der Waals surface area contributed by atoms with Gasteiger partial charge in [0, 0.05) is 36.7 Å². The summed E-state index contributed by atoms with van der Waals surface area (Å²) in [4.78, 5) is 4.35. The number of aliphatic imine (C=N–C) groups is 1. The molecule has 0 fully saturated rings. The van der Waals surface area contributed by atoms with Crippen LogP contribution >= 0.6 is 15.9 Å². The molecule has 0 unspecified atom stereocenters. The average Bonchev–Trinajstić information content (AvgIpc) is 2.29. The van der Waals surface area contributed by atoms with Crippen LogP contribution in [0.25, 0.3) is 0 Å². The Morgan fingerprint density at radius 1 is 1.06 bits per heavy atom. The van der Waals surface area contributed by atoms with Crippen LogP contribution in [0.1, 0.15) is 5.56 Å². The normalized spacial score (nSPS) is 10.1. The van der Waals surface area contributed by atoms with Gasteiger partial charge in [-0.25, -0.2) is 0 Å². The predicted molar refractivity (Wildman–Crippen MR) is 66.7 cm³/mol. The molecule has 0 N–H and O–H groups in total. The van der Waals surface area contributed by atoms with E-state index >= 15 is 0 Å². The van der Waals surface area contributed by atoms with Crippen molar-refractivity contribution in [2.75, 3.05) is 0 Å². The molecular formula is C13H9BrNPd. The van der Waals surface area contributed by atoms with Gasteiger partial charge in [-0.1, -0.05) is 46.3 Å². The first-order chi connectivity index (χ1) is 7.36. The monoisotopic (exact) mass is 364 g/mol. The summed E-state index contributed by atoms with van der Waals surface area (Å²) >= 11 is 3.45.